The summed E-state index contributed by atoms with van der Waals surface area (Å²) in [4.78, 5) is 50.0. The van der Waals surface area contributed by atoms with E-state index in [1.807, 2.05) is 0 Å². The van der Waals surface area contributed by atoms with E-state index in [1.165, 1.54) is 4.90 Å². The van der Waals surface area contributed by atoms with Crippen LogP contribution in [0.15, 0.2) is 52.8 Å². The molecule has 13 heteroatoms. The van der Waals surface area contributed by atoms with E-state index in [0.29, 0.717) is 16.2 Å². The Kier molecular flexibility index (Phi) is 8.17. The summed E-state index contributed by atoms with van der Waals surface area (Å²) >= 11 is 18.0. The van der Waals surface area contributed by atoms with Gasteiger partial charge in [-0.2, -0.15) is 0 Å². The predicted octanol–water partition coefficient (Wildman–Crippen LogP) is 2.67. The maximum atomic E-state index is 12.8. The Hall–Kier alpha value is -2.40. The van der Waals surface area contributed by atoms with Crippen molar-refractivity contribution in [3.8, 4) is 5.75 Å². The molecule has 1 N–H and O–H groups in total. The number of allylic oxidation sites excluding steroid dienone is 1. The quantitative estimate of drug-likeness (QED) is 0.178. The highest BCUT2D eigenvalue weighted by Crippen LogP contribution is 2.46. The Morgan fingerprint density at radius 2 is 1.94 bits per heavy atom. The van der Waals surface area contributed by atoms with Gasteiger partial charge in [0.1, 0.15) is 35.7 Å². The number of hydrogen-bond acceptors (Lipinski definition) is 8. The largest absolute Gasteiger partial charge is 0.484 e. The number of ether oxygens (including phenoxy) is 3. The van der Waals surface area contributed by atoms with Crippen molar-refractivity contribution < 1.29 is 33.4 Å². The Labute approximate surface area is 207 Å². The molecule has 1 saturated heterocycles. The number of thioether (sulfide) groups is 1. The van der Waals surface area contributed by atoms with E-state index in [1.54, 1.807) is 37.3 Å². The lowest BCUT2D eigenvalue weighted by Gasteiger charge is -2.49. The maximum absolute atomic E-state index is 12.8. The minimum atomic E-state index is -1.85. The molecule has 0 spiro atoms. The molecule has 2 aliphatic rings. The van der Waals surface area contributed by atoms with E-state index in [-0.39, 0.29) is 18.8 Å². The van der Waals surface area contributed by atoms with Crippen LogP contribution in [0.25, 0.3) is 0 Å². The van der Waals surface area contributed by atoms with Crippen LogP contribution in [0.3, 0.4) is 0 Å². The fourth-order valence-electron chi connectivity index (χ4n) is 3.02. The standard InChI is InChI=1S/C20H17Cl3N2O7S/c1-11-13(7-30-10-26)33-18-15(24-14(27)8-31-12-5-3-2-4-6-12)17(28)25(18)16(11)19(29)32-9-20(21,22)23/h2-7,10,15,18H,8-9H2,1H3,(H,24,27)/b13-7-. The van der Waals surface area contributed by atoms with Crippen molar-refractivity contribution in [2.75, 3.05) is 13.2 Å². The van der Waals surface area contributed by atoms with E-state index in [9.17, 15) is 19.2 Å². The first-order valence-corrected chi connectivity index (χ1v) is 11.3. The Morgan fingerprint density at radius 1 is 1.24 bits per heavy atom. The molecule has 1 aromatic carbocycles. The van der Waals surface area contributed by atoms with Gasteiger partial charge in [0.05, 0.1) is 0 Å². The summed E-state index contributed by atoms with van der Waals surface area (Å²) in [6, 6.07) is 7.74. The molecule has 0 saturated carbocycles. The smallest absolute Gasteiger partial charge is 0.355 e. The zero-order valence-corrected chi connectivity index (χ0v) is 20.0. The topological polar surface area (TPSA) is 111 Å². The number of fused-ring (bicyclic) bond motifs is 1. The molecule has 1 fully saturated rings. The van der Waals surface area contributed by atoms with Crippen molar-refractivity contribution in [1.82, 2.24) is 10.2 Å². The molecule has 1 aromatic rings. The third kappa shape index (κ3) is 6.14. The van der Waals surface area contributed by atoms with Gasteiger partial charge in [0.2, 0.25) is 3.79 Å². The van der Waals surface area contributed by atoms with Crippen LogP contribution < -0.4 is 10.1 Å². The second kappa shape index (κ2) is 10.7. The molecule has 2 unspecified atom stereocenters. The first-order valence-electron chi connectivity index (χ1n) is 9.33. The number of carbonyl (C=O) groups excluding carboxylic acids is 4. The number of amides is 2. The van der Waals surface area contributed by atoms with Crippen LogP contribution in [0.4, 0.5) is 0 Å². The van der Waals surface area contributed by atoms with Crippen molar-refractivity contribution in [2.24, 2.45) is 0 Å². The molecule has 2 atom stereocenters. The monoisotopic (exact) mass is 534 g/mol. The molecular formula is C20H17Cl3N2O7S. The van der Waals surface area contributed by atoms with Crippen LogP contribution in [0.5, 0.6) is 5.75 Å². The summed E-state index contributed by atoms with van der Waals surface area (Å²) in [5.74, 6) is -1.48. The number of β-lactam (4-membered cyclic amide) rings is 1. The summed E-state index contributed by atoms with van der Waals surface area (Å²) in [6.45, 7) is 0.894. The number of halogens is 3. The van der Waals surface area contributed by atoms with E-state index < -0.39 is 39.6 Å². The van der Waals surface area contributed by atoms with Gasteiger partial charge in [-0.3, -0.25) is 19.3 Å². The van der Waals surface area contributed by atoms with E-state index in [0.717, 1.165) is 18.0 Å². The molecule has 0 aliphatic carbocycles. The minimum Gasteiger partial charge on any atom is -0.484 e. The Morgan fingerprint density at radius 3 is 2.58 bits per heavy atom. The van der Waals surface area contributed by atoms with E-state index in [2.05, 4.69) is 5.32 Å². The highest BCUT2D eigenvalue weighted by Gasteiger charge is 2.55. The van der Waals surface area contributed by atoms with Gasteiger partial charge in [-0.15, -0.1) is 0 Å². The zero-order valence-electron chi connectivity index (χ0n) is 17.0. The van der Waals surface area contributed by atoms with Gasteiger partial charge < -0.3 is 19.5 Å². The highest BCUT2D eigenvalue weighted by molar-refractivity contribution is 8.04. The Bertz CT molecular complexity index is 1010. The normalized spacial score (nSPS) is 21.2. The third-order valence-corrected chi connectivity index (χ3v) is 6.19. The van der Waals surface area contributed by atoms with E-state index in [4.69, 9.17) is 49.0 Å². The minimum absolute atomic E-state index is 0.107. The number of benzene rings is 1. The second-order valence-corrected chi connectivity index (χ2v) is 10.4. The SMILES string of the molecule is CC1=C(C(=O)OCC(Cl)(Cl)Cl)N2C(=O)C(NC(=O)COc3ccccc3)C2S/C1=C\OC=O. The van der Waals surface area contributed by atoms with Crippen LogP contribution in [0.1, 0.15) is 6.92 Å². The summed E-state index contributed by atoms with van der Waals surface area (Å²) in [6.07, 6.45) is 1.13. The number of esters is 1. The molecule has 3 rings (SSSR count). The second-order valence-electron chi connectivity index (χ2n) is 6.74. The maximum Gasteiger partial charge on any atom is 0.355 e. The number of hydrogen-bond donors (Lipinski definition) is 1. The Balaban J connectivity index is 1.74. The number of nitrogens with one attached hydrogen (secondary N) is 1. The number of carbonyl (C=O) groups is 4. The van der Waals surface area contributed by atoms with Gasteiger partial charge in [0.15, 0.2) is 6.61 Å². The van der Waals surface area contributed by atoms with Crippen LogP contribution >= 0.6 is 46.6 Å². The van der Waals surface area contributed by atoms with Gasteiger partial charge in [0.25, 0.3) is 18.3 Å². The lowest BCUT2D eigenvalue weighted by atomic mass is 10.0. The number of rotatable bonds is 8. The molecule has 176 valence electrons. The van der Waals surface area contributed by atoms with Crippen LogP contribution in [-0.4, -0.2) is 57.6 Å². The van der Waals surface area contributed by atoms with Crippen molar-refractivity contribution in [3.05, 3.63) is 52.8 Å². The van der Waals surface area contributed by atoms with E-state index >= 15 is 0 Å². The molecule has 0 radical (unpaired) electrons. The average Bonchev–Trinajstić information content (AvgIpc) is 2.78. The van der Waals surface area contributed by atoms with Crippen molar-refractivity contribution in [3.63, 3.8) is 0 Å². The molecule has 9 nitrogen and oxygen atoms in total. The van der Waals surface area contributed by atoms with Crippen molar-refractivity contribution in [2.45, 2.75) is 22.1 Å². The van der Waals surface area contributed by atoms with Gasteiger partial charge in [-0.1, -0.05) is 64.8 Å². The lowest BCUT2D eigenvalue weighted by Crippen LogP contribution is -2.70. The predicted molar refractivity (Wildman–Crippen MR) is 121 cm³/mol. The van der Waals surface area contributed by atoms with Crippen molar-refractivity contribution >= 4 is 70.8 Å². The molecular weight excluding hydrogens is 519 g/mol. The van der Waals surface area contributed by atoms with Crippen LogP contribution in [0, 0.1) is 0 Å². The first-order chi connectivity index (χ1) is 15.6. The highest BCUT2D eigenvalue weighted by atomic mass is 35.6. The van der Waals surface area contributed by atoms with Crippen LogP contribution in [-0.2, 0) is 28.7 Å². The van der Waals surface area contributed by atoms with Gasteiger partial charge >= 0.3 is 5.97 Å². The van der Waals surface area contributed by atoms with Gasteiger partial charge in [0, 0.05) is 4.91 Å². The average molecular weight is 536 g/mol. The fourth-order valence-corrected chi connectivity index (χ4v) is 4.47. The number of nitrogens with zero attached hydrogens (tertiary/aromatic N) is 1. The number of para-hydroxylation sites is 1. The van der Waals surface area contributed by atoms with Crippen LogP contribution in [0.2, 0.25) is 0 Å². The molecule has 0 bridgehead atoms. The lowest BCUT2D eigenvalue weighted by molar-refractivity contribution is -0.153. The summed E-state index contributed by atoms with van der Waals surface area (Å²) < 4.78 is 13.3. The van der Waals surface area contributed by atoms with Gasteiger partial charge in [-0.25, -0.2) is 4.79 Å². The first kappa shape index (κ1) is 25.2. The molecule has 0 aromatic heterocycles. The third-order valence-electron chi connectivity index (χ3n) is 4.48. The van der Waals surface area contributed by atoms with Gasteiger partial charge in [-0.05, 0) is 24.6 Å². The molecule has 2 heterocycles. The van der Waals surface area contributed by atoms with Crippen molar-refractivity contribution in [1.29, 1.82) is 0 Å². The summed E-state index contributed by atoms with van der Waals surface area (Å²) in [5.41, 5.74) is 0.211. The summed E-state index contributed by atoms with van der Waals surface area (Å²) in [7, 11) is 0. The zero-order chi connectivity index (χ0) is 24.2. The molecule has 33 heavy (non-hydrogen) atoms. The molecule has 2 aliphatic heterocycles. The fraction of sp³-hybridized carbons (Fsp3) is 0.300. The molecule has 2 amide bonds. The summed E-state index contributed by atoms with van der Waals surface area (Å²) in [5, 5.41) is 1.90. The number of alkyl halides is 3.